The zero-order valence-electron chi connectivity index (χ0n) is 9.41. The molecule has 0 radical (unpaired) electrons. The summed E-state index contributed by atoms with van der Waals surface area (Å²) in [5.41, 5.74) is 1.97. The number of pyridine rings is 1. The van der Waals surface area contributed by atoms with Crippen molar-refractivity contribution in [2.45, 2.75) is 31.7 Å². The monoisotopic (exact) mass is 241 g/mol. The van der Waals surface area contributed by atoms with Crippen LogP contribution >= 0.6 is 11.6 Å². The van der Waals surface area contributed by atoms with Crippen molar-refractivity contribution in [2.24, 2.45) is 0 Å². The molecule has 16 heavy (non-hydrogen) atoms. The highest BCUT2D eigenvalue weighted by Crippen LogP contribution is 2.17. The van der Waals surface area contributed by atoms with Gasteiger partial charge in [0, 0.05) is 24.2 Å². The summed E-state index contributed by atoms with van der Waals surface area (Å²) in [5, 5.41) is 0. The van der Waals surface area contributed by atoms with E-state index < -0.39 is 0 Å². The molecule has 1 aliphatic heterocycles. The summed E-state index contributed by atoms with van der Waals surface area (Å²) in [5.74, 6) is 1.13. The van der Waals surface area contributed by atoms with Crippen molar-refractivity contribution in [1.82, 2.24) is 4.98 Å². The summed E-state index contributed by atoms with van der Waals surface area (Å²) < 4.78 is 11.1. The molecule has 0 amide bonds. The predicted molar refractivity (Wildman–Crippen MR) is 63.0 cm³/mol. The number of aryl methyl sites for hydroxylation is 1. The molecule has 88 valence electrons. The van der Waals surface area contributed by atoms with Crippen LogP contribution in [-0.4, -0.2) is 24.3 Å². The zero-order valence-corrected chi connectivity index (χ0v) is 10.2. The van der Waals surface area contributed by atoms with Crippen LogP contribution in [0.25, 0.3) is 0 Å². The van der Waals surface area contributed by atoms with Gasteiger partial charge in [-0.1, -0.05) is 0 Å². The van der Waals surface area contributed by atoms with E-state index in [9.17, 15) is 0 Å². The highest BCUT2D eigenvalue weighted by molar-refractivity contribution is 6.17. The van der Waals surface area contributed by atoms with E-state index in [0.717, 1.165) is 30.7 Å². The van der Waals surface area contributed by atoms with Crippen LogP contribution in [0.15, 0.2) is 12.1 Å². The molecule has 1 aromatic heterocycles. The standard InChI is InChI=1S/C12H16ClNO2/c1-9-5-10(7-13)6-12(14-9)16-8-11-3-2-4-15-11/h5-6,11H,2-4,7-8H2,1H3. The van der Waals surface area contributed by atoms with Gasteiger partial charge in [-0.15, -0.1) is 11.6 Å². The Kier molecular flexibility index (Phi) is 4.02. The Morgan fingerprint density at radius 2 is 2.44 bits per heavy atom. The second-order valence-electron chi connectivity index (χ2n) is 4.03. The second-order valence-corrected chi connectivity index (χ2v) is 4.30. The Hall–Kier alpha value is -0.800. The van der Waals surface area contributed by atoms with Crippen molar-refractivity contribution >= 4 is 11.6 Å². The van der Waals surface area contributed by atoms with E-state index in [1.54, 1.807) is 0 Å². The average Bonchev–Trinajstić information content (AvgIpc) is 2.78. The van der Waals surface area contributed by atoms with Gasteiger partial charge in [-0.25, -0.2) is 4.98 Å². The second kappa shape index (κ2) is 5.51. The molecule has 0 N–H and O–H groups in total. The molecule has 1 fully saturated rings. The Balaban J connectivity index is 1.94. The summed E-state index contributed by atoms with van der Waals surface area (Å²) >= 11 is 5.79. The maximum Gasteiger partial charge on any atom is 0.213 e. The van der Waals surface area contributed by atoms with Gasteiger partial charge in [-0.05, 0) is 31.4 Å². The lowest BCUT2D eigenvalue weighted by molar-refractivity contribution is 0.0662. The molecule has 0 spiro atoms. The lowest BCUT2D eigenvalue weighted by Crippen LogP contribution is -2.16. The molecule has 0 bridgehead atoms. The van der Waals surface area contributed by atoms with E-state index in [2.05, 4.69) is 4.98 Å². The van der Waals surface area contributed by atoms with Gasteiger partial charge in [-0.2, -0.15) is 0 Å². The predicted octanol–water partition coefficient (Wildman–Crippen LogP) is 2.69. The third kappa shape index (κ3) is 3.09. The number of alkyl halides is 1. The molecule has 2 rings (SSSR count). The number of hydrogen-bond donors (Lipinski definition) is 0. The van der Waals surface area contributed by atoms with Crippen molar-refractivity contribution in [3.8, 4) is 5.88 Å². The number of rotatable bonds is 4. The van der Waals surface area contributed by atoms with Crippen LogP contribution in [0.2, 0.25) is 0 Å². The van der Waals surface area contributed by atoms with E-state index >= 15 is 0 Å². The lowest BCUT2D eigenvalue weighted by atomic mass is 10.2. The molecule has 2 heterocycles. The third-order valence-corrected chi connectivity index (χ3v) is 2.89. The molecule has 0 aliphatic carbocycles. The molecule has 4 heteroatoms. The Labute approximate surface area is 101 Å². The number of nitrogens with zero attached hydrogens (tertiary/aromatic N) is 1. The fourth-order valence-corrected chi connectivity index (χ4v) is 1.97. The summed E-state index contributed by atoms with van der Waals surface area (Å²) in [6.07, 6.45) is 2.43. The van der Waals surface area contributed by atoms with Gasteiger partial charge in [0.05, 0.1) is 6.10 Å². The first-order chi connectivity index (χ1) is 7.78. The lowest BCUT2D eigenvalue weighted by Gasteiger charge is -2.11. The molecule has 0 aromatic carbocycles. The molecule has 0 saturated carbocycles. The molecule has 1 saturated heterocycles. The van der Waals surface area contributed by atoms with Crippen molar-refractivity contribution in [1.29, 1.82) is 0 Å². The Bertz CT molecular complexity index is 351. The first-order valence-corrected chi connectivity index (χ1v) is 6.09. The van der Waals surface area contributed by atoms with Crippen molar-refractivity contribution < 1.29 is 9.47 Å². The fourth-order valence-electron chi connectivity index (χ4n) is 1.81. The largest absolute Gasteiger partial charge is 0.475 e. The topological polar surface area (TPSA) is 31.4 Å². The van der Waals surface area contributed by atoms with Gasteiger partial charge in [0.1, 0.15) is 6.61 Å². The third-order valence-electron chi connectivity index (χ3n) is 2.59. The van der Waals surface area contributed by atoms with E-state index in [1.807, 2.05) is 19.1 Å². The van der Waals surface area contributed by atoms with Crippen LogP contribution in [0.5, 0.6) is 5.88 Å². The summed E-state index contributed by atoms with van der Waals surface area (Å²) in [6.45, 7) is 3.37. The van der Waals surface area contributed by atoms with Gasteiger partial charge in [-0.3, -0.25) is 0 Å². The normalized spacial score (nSPS) is 20.0. The minimum absolute atomic E-state index is 0.224. The van der Waals surface area contributed by atoms with E-state index in [0.29, 0.717) is 18.4 Å². The van der Waals surface area contributed by atoms with Gasteiger partial charge in [0.2, 0.25) is 5.88 Å². The van der Waals surface area contributed by atoms with E-state index in [-0.39, 0.29) is 6.10 Å². The van der Waals surface area contributed by atoms with Crippen molar-refractivity contribution in [3.05, 3.63) is 23.4 Å². The van der Waals surface area contributed by atoms with Crippen LogP contribution in [0.1, 0.15) is 24.1 Å². The SMILES string of the molecule is Cc1cc(CCl)cc(OCC2CCCO2)n1. The maximum absolute atomic E-state index is 5.79. The minimum Gasteiger partial charge on any atom is -0.475 e. The molecule has 1 aliphatic rings. The van der Waals surface area contributed by atoms with Crippen LogP contribution in [-0.2, 0) is 10.6 Å². The summed E-state index contributed by atoms with van der Waals surface area (Å²) in [4.78, 5) is 4.31. The maximum atomic E-state index is 5.79. The fraction of sp³-hybridized carbons (Fsp3) is 0.583. The van der Waals surface area contributed by atoms with Crippen LogP contribution in [0, 0.1) is 6.92 Å². The number of hydrogen-bond acceptors (Lipinski definition) is 3. The molecule has 1 unspecified atom stereocenters. The molecular weight excluding hydrogens is 226 g/mol. The summed E-state index contributed by atoms with van der Waals surface area (Å²) in [6, 6.07) is 3.85. The zero-order chi connectivity index (χ0) is 11.4. The molecule has 1 atom stereocenters. The van der Waals surface area contributed by atoms with Crippen LogP contribution < -0.4 is 4.74 Å². The van der Waals surface area contributed by atoms with Gasteiger partial charge in [0.15, 0.2) is 0 Å². The van der Waals surface area contributed by atoms with E-state index in [1.165, 1.54) is 0 Å². The molecule has 1 aromatic rings. The van der Waals surface area contributed by atoms with Crippen LogP contribution in [0.3, 0.4) is 0 Å². The van der Waals surface area contributed by atoms with Gasteiger partial charge in [0.25, 0.3) is 0 Å². The van der Waals surface area contributed by atoms with Crippen molar-refractivity contribution in [3.63, 3.8) is 0 Å². The van der Waals surface area contributed by atoms with Crippen molar-refractivity contribution in [2.75, 3.05) is 13.2 Å². The quantitative estimate of drug-likeness (QED) is 0.760. The number of ether oxygens (including phenoxy) is 2. The summed E-state index contributed by atoms with van der Waals surface area (Å²) in [7, 11) is 0. The Morgan fingerprint density at radius 3 is 3.12 bits per heavy atom. The number of aromatic nitrogens is 1. The van der Waals surface area contributed by atoms with Gasteiger partial charge >= 0.3 is 0 Å². The van der Waals surface area contributed by atoms with Crippen LogP contribution in [0.4, 0.5) is 0 Å². The van der Waals surface area contributed by atoms with Gasteiger partial charge < -0.3 is 9.47 Å². The molecular formula is C12H16ClNO2. The number of halogens is 1. The first-order valence-electron chi connectivity index (χ1n) is 5.56. The minimum atomic E-state index is 0.224. The average molecular weight is 242 g/mol. The highest BCUT2D eigenvalue weighted by Gasteiger charge is 2.16. The molecule has 3 nitrogen and oxygen atoms in total. The van der Waals surface area contributed by atoms with E-state index in [4.69, 9.17) is 21.1 Å². The first kappa shape index (κ1) is 11.7. The smallest absolute Gasteiger partial charge is 0.213 e. The Morgan fingerprint density at radius 1 is 1.56 bits per heavy atom. The highest BCUT2D eigenvalue weighted by atomic mass is 35.5.